The second kappa shape index (κ2) is 8.50. The van der Waals surface area contributed by atoms with E-state index in [1.165, 1.54) is 7.11 Å². The topological polar surface area (TPSA) is 110 Å². The minimum Gasteiger partial charge on any atom is -0.497 e. The highest BCUT2D eigenvalue weighted by Crippen LogP contribution is 2.30. The highest BCUT2D eigenvalue weighted by molar-refractivity contribution is 7.87. The largest absolute Gasteiger partial charge is 0.497 e. The number of pyridine rings is 1. The molecule has 29 heavy (non-hydrogen) atoms. The van der Waals surface area contributed by atoms with Crippen LogP contribution in [0.25, 0.3) is 11.8 Å². The van der Waals surface area contributed by atoms with Crippen molar-refractivity contribution in [2.75, 3.05) is 7.11 Å². The number of fused-ring (bicyclic) bond motifs is 1. The second-order valence-electron chi connectivity index (χ2n) is 6.54. The molecule has 0 saturated carbocycles. The van der Waals surface area contributed by atoms with Crippen molar-refractivity contribution >= 4 is 28.1 Å². The van der Waals surface area contributed by atoms with E-state index in [2.05, 4.69) is 10.4 Å². The number of carbonyl (C=O) groups is 1. The van der Waals surface area contributed by atoms with Crippen LogP contribution in [0.5, 0.6) is 5.75 Å². The lowest BCUT2D eigenvalue weighted by molar-refractivity contribution is 0.120. The molecule has 0 saturated heterocycles. The van der Waals surface area contributed by atoms with Gasteiger partial charge >= 0.3 is 16.3 Å². The van der Waals surface area contributed by atoms with E-state index in [4.69, 9.17) is 9.47 Å². The highest BCUT2D eigenvalue weighted by Gasteiger charge is 2.31. The van der Waals surface area contributed by atoms with E-state index in [-0.39, 0.29) is 6.54 Å². The summed E-state index contributed by atoms with van der Waals surface area (Å²) in [4.78, 5) is 15.8. The Kier molecular flexibility index (Phi) is 6.04. The van der Waals surface area contributed by atoms with E-state index >= 15 is 0 Å². The average molecular weight is 418 g/mol. The van der Waals surface area contributed by atoms with Gasteiger partial charge in [0.2, 0.25) is 0 Å². The third kappa shape index (κ3) is 5.04. The Bertz CT molecular complexity index is 1020. The summed E-state index contributed by atoms with van der Waals surface area (Å²) in [6.07, 6.45) is 3.58. The van der Waals surface area contributed by atoms with Crippen molar-refractivity contribution in [2.45, 2.75) is 26.5 Å². The van der Waals surface area contributed by atoms with Gasteiger partial charge in [-0.05, 0) is 61.4 Å². The van der Waals surface area contributed by atoms with Crippen LogP contribution in [0.15, 0.2) is 42.7 Å². The first-order valence-corrected chi connectivity index (χ1v) is 10.3. The molecule has 0 radical (unpaired) electrons. The molecule has 9 nitrogen and oxygen atoms in total. The van der Waals surface area contributed by atoms with Crippen LogP contribution in [-0.4, -0.2) is 37.1 Å². The molecular weight excluding hydrogens is 396 g/mol. The predicted molar refractivity (Wildman–Crippen MR) is 107 cm³/mol. The standard InChI is InChI=1S/C19H22N4O5S/c1-13(2)28-19(24)22-29(25,26)23-12-15-11-16(27-3)4-5-17(15)18(21-23)10-14-6-8-20-9-7-14/h4-11,13,21H,12H2,1-3H3,(H,22,24). The Hall–Kier alpha value is -3.11. The molecule has 1 aromatic heterocycles. The Labute approximate surface area is 169 Å². The number of methoxy groups -OCH3 is 1. The maximum Gasteiger partial charge on any atom is 0.422 e. The van der Waals surface area contributed by atoms with Gasteiger partial charge < -0.3 is 14.9 Å². The molecule has 1 aliphatic rings. The molecule has 0 bridgehead atoms. The number of hydrogen-bond acceptors (Lipinski definition) is 7. The lowest BCUT2D eigenvalue weighted by Crippen LogP contribution is -2.51. The van der Waals surface area contributed by atoms with E-state index in [1.54, 1.807) is 56.6 Å². The van der Waals surface area contributed by atoms with Crippen LogP contribution in [0.4, 0.5) is 4.79 Å². The molecule has 0 atom stereocenters. The van der Waals surface area contributed by atoms with Gasteiger partial charge in [0.1, 0.15) is 5.75 Å². The number of hydrogen-bond donors (Lipinski definition) is 2. The number of carbonyl (C=O) groups excluding carboxylic acids is 1. The number of ether oxygens (including phenoxy) is 2. The first-order valence-electron chi connectivity index (χ1n) is 8.85. The number of amides is 1. The summed E-state index contributed by atoms with van der Waals surface area (Å²) in [5.74, 6) is 0.596. The first kappa shape index (κ1) is 20.6. The van der Waals surface area contributed by atoms with Crippen LogP contribution in [0.3, 0.4) is 0 Å². The Balaban J connectivity index is 1.97. The molecule has 0 aliphatic carbocycles. The molecule has 154 valence electrons. The zero-order chi connectivity index (χ0) is 21.0. The summed E-state index contributed by atoms with van der Waals surface area (Å²) >= 11 is 0. The molecule has 1 amide bonds. The molecule has 0 spiro atoms. The lowest BCUT2D eigenvalue weighted by Gasteiger charge is -2.31. The van der Waals surface area contributed by atoms with Crippen LogP contribution in [0.2, 0.25) is 0 Å². The third-order valence-electron chi connectivity index (χ3n) is 4.02. The summed E-state index contributed by atoms with van der Waals surface area (Å²) in [7, 11) is -2.68. The fourth-order valence-electron chi connectivity index (χ4n) is 2.76. The van der Waals surface area contributed by atoms with Gasteiger partial charge in [-0.2, -0.15) is 8.42 Å². The predicted octanol–water partition coefficient (Wildman–Crippen LogP) is 2.29. The maximum absolute atomic E-state index is 12.7. The number of benzene rings is 1. The molecular formula is C19H22N4O5S. The van der Waals surface area contributed by atoms with Crippen molar-refractivity contribution in [3.05, 3.63) is 59.4 Å². The number of nitrogens with zero attached hydrogens (tertiary/aromatic N) is 2. The van der Waals surface area contributed by atoms with E-state index in [0.29, 0.717) is 17.0 Å². The van der Waals surface area contributed by atoms with Crippen molar-refractivity contribution in [1.82, 2.24) is 19.5 Å². The molecule has 1 aliphatic heterocycles. The molecule has 2 heterocycles. The van der Waals surface area contributed by atoms with Crippen LogP contribution < -0.4 is 14.9 Å². The Morgan fingerprint density at radius 1 is 1.28 bits per heavy atom. The summed E-state index contributed by atoms with van der Waals surface area (Å²) in [5.41, 5.74) is 5.78. The summed E-state index contributed by atoms with van der Waals surface area (Å²) < 4.78 is 38.4. The average Bonchev–Trinajstić information content (AvgIpc) is 2.67. The molecule has 10 heteroatoms. The van der Waals surface area contributed by atoms with Crippen LogP contribution >= 0.6 is 0 Å². The molecule has 1 aromatic carbocycles. The minimum atomic E-state index is -4.21. The molecule has 2 N–H and O–H groups in total. The van der Waals surface area contributed by atoms with Crippen molar-refractivity contribution < 1.29 is 22.7 Å². The summed E-state index contributed by atoms with van der Waals surface area (Å²) in [5, 5.41) is 0. The van der Waals surface area contributed by atoms with Gasteiger partial charge in [-0.25, -0.2) is 9.52 Å². The van der Waals surface area contributed by atoms with Crippen molar-refractivity contribution in [1.29, 1.82) is 0 Å². The SMILES string of the molecule is COc1ccc2c(c1)CN(S(=O)(=O)NC(=O)OC(C)C)NC2=Cc1ccncc1. The van der Waals surface area contributed by atoms with Gasteiger partial charge in [-0.1, -0.05) is 4.41 Å². The van der Waals surface area contributed by atoms with Gasteiger partial charge in [0.15, 0.2) is 0 Å². The lowest BCUT2D eigenvalue weighted by atomic mass is 10.0. The van der Waals surface area contributed by atoms with Crippen LogP contribution in [0, 0.1) is 0 Å². The normalized spacial score (nSPS) is 15.5. The van der Waals surface area contributed by atoms with Gasteiger partial charge in [0, 0.05) is 18.0 Å². The highest BCUT2D eigenvalue weighted by atomic mass is 32.2. The maximum atomic E-state index is 12.7. The van der Waals surface area contributed by atoms with Crippen molar-refractivity contribution in [3.63, 3.8) is 0 Å². The van der Waals surface area contributed by atoms with Gasteiger partial charge in [-0.3, -0.25) is 4.98 Å². The van der Waals surface area contributed by atoms with E-state index < -0.39 is 22.4 Å². The van der Waals surface area contributed by atoms with E-state index in [1.807, 2.05) is 10.8 Å². The molecule has 3 rings (SSSR count). The number of rotatable bonds is 5. The third-order valence-corrected chi connectivity index (χ3v) is 5.25. The van der Waals surface area contributed by atoms with E-state index in [0.717, 1.165) is 15.5 Å². The first-order chi connectivity index (χ1) is 13.8. The fraction of sp³-hybridized carbons (Fsp3) is 0.263. The van der Waals surface area contributed by atoms with Crippen molar-refractivity contribution in [2.24, 2.45) is 0 Å². The zero-order valence-electron chi connectivity index (χ0n) is 16.2. The Morgan fingerprint density at radius 3 is 2.66 bits per heavy atom. The zero-order valence-corrected chi connectivity index (χ0v) is 17.1. The van der Waals surface area contributed by atoms with Gasteiger partial charge in [-0.15, -0.1) is 0 Å². The summed E-state index contributed by atoms with van der Waals surface area (Å²) in [6, 6.07) is 8.99. The molecule has 2 aromatic rings. The van der Waals surface area contributed by atoms with Crippen LogP contribution in [0.1, 0.15) is 30.5 Å². The van der Waals surface area contributed by atoms with Crippen molar-refractivity contribution in [3.8, 4) is 5.75 Å². The van der Waals surface area contributed by atoms with Gasteiger partial charge in [0.25, 0.3) is 0 Å². The monoisotopic (exact) mass is 418 g/mol. The van der Waals surface area contributed by atoms with Gasteiger partial charge in [0.05, 0.1) is 25.5 Å². The smallest absolute Gasteiger partial charge is 0.422 e. The van der Waals surface area contributed by atoms with Crippen LogP contribution in [-0.2, 0) is 21.5 Å². The Morgan fingerprint density at radius 2 is 2.00 bits per heavy atom. The summed E-state index contributed by atoms with van der Waals surface area (Å²) in [6.45, 7) is 3.25. The molecule has 0 unspecified atom stereocenters. The second-order valence-corrected chi connectivity index (χ2v) is 8.14. The number of aromatic nitrogens is 1. The number of nitrogens with one attached hydrogen (secondary N) is 2. The fourth-order valence-corrected chi connectivity index (χ4v) is 3.66. The quantitative estimate of drug-likeness (QED) is 0.767. The minimum absolute atomic E-state index is 0.00941. The number of hydrazine groups is 1. The molecule has 0 fully saturated rings. The van der Waals surface area contributed by atoms with E-state index in [9.17, 15) is 13.2 Å².